The average molecular weight is 412 g/mol. The maximum atomic E-state index is 12.5. The molecular weight excluding hydrogens is 392 g/mol. The summed E-state index contributed by atoms with van der Waals surface area (Å²) < 4.78 is 10.9. The van der Waals surface area contributed by atoms with Gasteiger partial charge < -0.3 is 19.8 Å². The lowest BCUT2D eigenvalue weighted by Gasteiger charge is -2.10. The SMILES string of the molecule is COc1ccccc1NC(=O)c1ccc(NC(=O)/C=C/c2cc3ccccc3o2)cc1. The first-order valence-electron chi connectivity index (χ1n) is 9.64. The van der Waals surface area contributed by atoms with Gasteiger partial charge in [-0.2, -0.15) is 0 Å². The third-order valence-corrected chi connectivity index (χ3v) is 4.61. The average Bonchev–Trinajstić information content (AvgIpc) is 3.21. The molecule has 1 aromatic heterocycles. The van der Waals surface area contributed by atoms with Crippen LogP contribution < -0.4 is 15.4 Å². The van der Waals surface area contributed by atoms with E-state index in [1.54, 1.807) is 49.6 Å². The van der Waals surface area contributed by atoms with Crippen molar-refractivity contribution in [1.29, 1.82) is 0 Å². The minimum absolute atomic E-state index is 0.271. The fraction of sp³-hybridized carbons (Fsp3) is 0.0400. The third kappa shape index (κ3) is 4.82. The van der Waals surface area contributed by atoms with Crippen LogP contribution in [0.3, 0.4) is 0 Å². The van der Waals surface area contributed by atoms with E-state index in [0.29, 0.717) is 28.4 Å². The predicted molar refractivity (Wildman–Crippen MR) is 121 cm³/mol. The molecule has 1 heterocycles. The first-order valence-corrected chi connectivity index (χ1v) is 9.64. The number of methoxy groups -OCH3 is 1. The van der Waals surface area contributed by atoms with E-state index in [2.05, 4.69) is 10.6 Å². The molecule has 0 spiro atoms. The number of ether oxygens (including phenoxy) is 1. The lowest BCUT2D eigenvalue weighted by molar-refractivity contribution is -0.111. The van der Waals surface area contributed by atoms with Crippen molar-refractivity contribution in [3.63, 3.8) is 0 Å². The largest absolute Gasteiger partial charge is 0.495 e. The lowest BCUT2D eigenvalue weighted by atomic mass is 10.2. The Bertz CT molecular complexity index is 1220. The summed E-state index contributed by atoms with van der Waals surface area (Å²) in [6, 6.07) is 23.3. The Morgan fingerprint density at radius 2 is 1.65 bits per heavy atom. The van der Waals surface area contributed by atoms with E-state index < -0.39 is 0 Å². The van der Waals surface area contributed by atoms with E-state index in [-0.39, 0.29) is 11.8 Å². The van der Waals surface area contributed by atoms with Crippen molar-refractivity contribution < 1.29 is 18.7 Å². The fourth-order valence-electron chi connectivity index (χ4n) is 3.07. The van der Waals surface area contributed by atoms with Crippen molar-refractivity contribution in [2.75, 3.05) is 17.7 Å². The molecule has 0 fully saturated rings. The minimum atomic E-state index is -0.299. The zero-order chi connectivity index (χ0) is 21.6. The predicted octanol–water partition coefficient (Wildman–Crippen LogP) is 5.35. The molecule has 0 aliphatic carbocycles. The fourth-order valence-corrected chi connectivity index (χ4v) is 3.07. The molecule has 0 aliphatic rings. The molecule has 6 heteroatoms. The van der Waals surface area contributed by atoms with Crippen LogP contribution >= 0.6 is 0 Å². The standard InChI is InChI=1S/C25H20N2O4/c1-30-23-9-5-3-7-21(23)27-25(29)17-10-12-19(13-11-17)26-24(28)15-14-20-16-18-6-2-4-8-22(18)31-20/h2-16H,1H3,(H,26,28)(H,27,29)/b15-14+. The monoisotopic (exact) mass is 412 g/mol. The van der Waals surface area contributed by atoms with Crippen LogP contribution in [0.5, 0.6) is 5.75 Å². The van der Waals surface area contributed by atoms with Gasteiger partial charge in [-0.25, -0.2) is 0 Å². The number of furan rings is 1. The van der Waals surface area contributed by atoms with Gasteiger partial charge in [0.05, 0.1) is 12.8 Å². The van der Waals surface area contributed by atoms with Crippen LogP contribution in [0.4, 0.5) is 11.4 Å². The molecule has 0 aliphatic heterocycles. The number of benzene rings is 3. The van der Waals surface area contributed by atoms with Crippen LogP contribution in [-0.4, -0.2) is 18.9 Å². The molecule has 6 nitrogen and oxygen atoms in total. The quantitative estimate of drug-likeness (QED) is 0.419. The number of nitrogens with one attached hydrogen (secondary N) is 2. The summed E-state index contributed by atoms with van der Waals surface area (Å²) in [4.78, 5) is 24.7. The molecule has 4 rings (SSSR count). The molecule has 2 N–H and O–H groups in total. The Hall–Kier alpha value is -4.32. The van der Waals surface area contributed by atoms with E-state index >= 15 is 0 Å². The highest BCUT2D eigenvalue weighted by Gasteiger charge is 2.09. The number of rotatable bonds is 6. The first kappa shape index (κ1) is 20.0. The van der Waals surface area contributed by atoms with Crippen molar-refractivity contribution in [2.45, 2.75) is 0 Å². The first-order chi connectivity index (χ1) is 15.1. The number of hydrogen-bond acceptors (Lipinski definition) is 4. The number of anilines is 2. The molecule has 0 bridgehead atoms. The van der Waals surface area contributed by atoms with Crippen molar-refractivity contribution in [1.82, 2.24) is 0 Å². The molecule has 2 amide bonds. The Labute approximate surface area is 179 Å². The van der Waals surface area contributed by atoms with Crippen molar-refractivity contribution in [2.24, 2.45) is 0 Å². The van der Waals surface area contributed by atoms with Crippen LogP contribution in [-0.2, 0) is 4.79 Å². The van der Waals surface area contributed by atoms with Gasteiger partial charge in [0.15, 0.2) is 0 Å². The van der Waals surface area contributed by atoms with E-state index in [1.165, 1.54) is 6.08 Å². The molecule has 4 aromatic rings. The summed E-state index contributed by atoms with van der Waals surface area (Å²) >= 11 is 0. The second-order valence-corrected chi connectivity index (χ2v) is 6.74. The van der Waals surface area contributed by atoms with Gasteiger partial charge in [0.1, 0.15) is 17.1 Å². The zero-order valence-electron chi connectivity index (χ0n) is 16.8. The van der Waals surface area contributed by atoms with E-state index in [9.17, 15) is 9.59 Å². The number of hydrogen-bond donors (Lipinski definition) is 2. The van der Waals surface area contributed by atoms with Crippen molar-refractivity contribution in [3.05, 3.63) is 96.3 Å². The summed E-state index contributed by atoms with van der Waals surface area (Å²) in [5.41, 5.74) is 2.39. The summed E-state index contributed by atoms with van der Waals surface area (Å²) in [5.74, 6) is 0.606. The molecule has 0 saturated carbocycles. The molecule has 154 valence electrons. The van der Waals surface area contributed by atoms with Crippen LogP contribution in [0.15, 0.2) is 89.4 Å². The number of carbonyl (C=O) groups excluding carboxylic acids is 2. The molecule has 0 unspecified atom stereocenters. The molecular formula is C25H20N2O4. The normalized spacial score (nSPS) is 10.9. The van der Waals surface area contributed by atoms with Crippen LogP contribution in [0, 0.1) is 0 Å². The second-order valence-electron chi connectivity index (χ2n) is 6.74. The summed E-state index contributed by atoms with van der Waals surface area (Å²) in [7, 11) is 1.55. The van der Waals surface area contributed by atoms with Gasteiger partial charge in [0.2, 0.25) is 5.91 Å². The second kappa shape index (κ2) is 9.00. The Kier molecular flexibility index (Phi) is 5.80. The number of amides is 2. The Morgan fingerprint density at radius 3 is 2.42 bits per heavy atom. The Morgan fingerprint density at radius 1 is 0.903 bits per heavy atom. The smallest absolute Gasteiger partial charge is 0.255 e. The maximum absolute atomic E-state index is 12.5. The summed E-state index contributed by atoms with van der Waals surface area (Å²) in [6.07, 6.45) is 3.02. The van der Waals surface area contributed by atoms with Crippen LogP contribution in [0.2, 0.25) is 0 Å². The number of fused-ring (bicyclic) bond motifs is 1. The lowest BCUT2D eigenvalue weighted by Crippen LogP contribution is -2.13. The molecule has 3 aromatic carbocycles. The van der Waals surface area contributed by atoms with Crippen molar-refractivity contribution in [3.8, 4) is 5.75 Å². The summed E-state index contributed by atoms with van der Waals surface area (Å²) in [6.45, 7) is 0. The highest BCUT2D eigenvalue weighted by molar-refractivity contribution is 6.06. The molecule has 0 atom stereocenters. The van der Waals surface area contributed by atoms with Gasteiger partial charge in [-0.3, -0.25) is 9.59 Å². The van der Waals surface area contributed by atoms with Gasteiger partial charge in [-0.1, -0.05) is 30.3 Å². The maximum Gasteiger partial charge on any atom is 0.255 e. The van der Waals surface area contributed by atoms with E-state index in [0.717, 1.165) is 11.0 Å². The van der Waals surface area contributed by atoms with Crippen molar-refractivity contribution >= 4 is 40.2 Å². The Balaban J connectivity index is 1.37. The third-order valence-electron chi connectivity index (χ3n) is 4.61. The van der Waals surface area contributed by atoms with E-state index in [4.69, 9.17) is 9.15 Å². The van der Waals surface area contributed by atoms with Crippen LogP contribution in [0.1, 0.15) is 16.1 Å². The van der Waals surface area contributed by atoms with E-state index in [1.807, 2.05) is 42.5 Å². The zero-order valence-corrected chi connectivity index (χ0v) is 16.8. The van der Waals surface area contributed by atoms with Gasteiger partial charge in [-0.15, -0.1) is 0 Å². The molecule has 0 radical (unpaired) electrons. The molecule has 0 saturated heterocycles. The number of para-hydroxylation sites is 3. The summed E-state index contributed by atoms with van der Waals surface area (Å²) in [5, 5.41) is 6.55. The minimum Gasteiger partial charge on any atom is -0.495 e. The highest BCUT2D eigenvalue weighted by atomic mass is 16.5. The van der Waals surface area contributed by atoms with Gasteiger partial charge >= 0.3 is 0 Å². The van der Waals surface area contributed by atoms with Crippen LogP contribution in [0.25, 0.3) is 17.0 Å². The topological polar surface area (TPSA) is 80.6 Å². The van der Waals surface area contributed by atoms with Gasteiger partial charge in [-0.05, 0) is 54.6 Å². The molecule has 31 heavy (non-hydrogen) atoms. The van der Waals surface area contributed by atoms with Gasteiger partial charge in [0, 0.05) is 22.7 Å². The highest BCUT2D eigenvalue weighted by Crippen LogP contribution is 2.24. The van der Waals surface area contributed by atoms with Gasteiger partial charge in [0.25, 0.3) is 5.91 Å². The number of carbonyl (C=O) groups is 2.